The fourth-order valence-electron chi connectivity index (χ4n) is 2.79. The smallest absolute Gasteiger partial charge is 0.274 e. The standard InChI is InChI=1S/C15H22FN3O2/c1-2-18-7-5-12(6-8-18)10-17-11-13-9-14(16)3-4-15(13)19(20)21/h3-4,9,12,17H,2,5-8,10-11H2,1H3. The fraction of sp³-hybridized carbons (Fsp3) is 0.600. The molecule has 1 aromatic rings. The summed E-state index contributed by atoms with van der Waals surface area (Å²) in [5.74, 6) is 0.161. The van der Waals surface area contributed by atoms with Crippen molar-refractivity contribution in [2.24, 2.45) is 5.92 Å². The van der Waals surface area contributed by atoms with Gasteiger partial charge in [-0.1, -0.05) is 6.92 Å². The quantitative estimate of drug-likeness (QED) is 0.647. The largest absolute Gasteiger partial charge is 0.312 e. The number of nitrogens with zero attached hydrogens (tertiary/aromatic N) is 2. The van der Waals surface area contributed by atoms with Gasteiger partial charge < -0.3 is 10.2 Å². The van der Waals surface area contributed by atoms with Gasteiger partial charge in [0.1, 0.15) is 5.82 Å². The van der Waals surface area contributed by atoms with Crippen molar-refractivity contribution in [1.29, 1.82) is 0 Å². The second-order valence-corrected chi connectivity index (χ2v) is 5.54. The van der Waals surface area contributed by atoms with Crippen LogP contribution in [-0.4, -0.2) is 36.0 Å². The molecule has 116 valence electrons. The van der Waals surface area contributed by atoms with Gasteiger partial charge in [0.2, 0.25) is 0 Å². The van der Waals surface area contributed by atoms with E-state index in [1.165, 1.54) is 12.1 Å². The molecule has 2 rings (SSSR count). The minimum absolute atomic E-state index is 0.0234. The molecule has 1 fully saturated rings. The van der Waals surface area contributed by atoms with Crippen molar-refractivity contribution in [1.82, 2.24) is 10.2 Å². The number of nitro groups is 1. The third-order valence-electron chi connectivity index (χ3n) is 4.14. The van der Waals surface area contributed by atoms with Gasteiger partial charge in [-0.3, -0.25) is 10.1 Å². The van der Waals surface area contributed by atoms with Gasteiger partial charge in [-0.25, -0.2) is 4.39 Å². The van der Waals surface area contributed by atoms with E-state index < -0.39 is 10.7 Å². The minimum atomic E-state index is -0.462. The Morgan fingerprint density at radius 2 is 2.14 bits per heavy atom. The first-order valence-electron chi connectivity index (χ1n) is 7.46. The highest BCUT2D eigenvalue weighted by molar-refractivity contribution is 5.40. The van der Waals surface area contributed by atoms with Gasteiger partial charge in [0.05, 0.1) is 4.92 Å². The molecule has 1 aromatic carbocycles. The molecule has 6 heteroatoms. The van der Waals surface area contributed by atoms with E-state index >= 15 is 0 Å². The van der Waals surface area contributed by atoms with Gasteiger partial charge >= 0.3 is 0 Å². The third kappa shape index (κ3) is 4.47. The number of piperidine rings is 1. The molecule has 0 unspecified atom stereocenters. The molecule has 1 heterocycles. The molecule has 0 spiro atoms. The number of nitro benzene ring substituents is 1. The SMILES string of the molecule is CCN1CCC(CNCc2cc(F)ccc2[N+](=O)[O-])CC1. The number of rotatable bonds is 6. The lowest BCUT2D eigenvalue weighted by atomic mass is 9.97. The number of nitrogens with one attached hydrogen (secondary N) is 1. The summed E-state index contributed by atoms with van der Waals surface area (Å²) in [6.07, 6.45) is 2.29. The Morgan fingerprint density at radius 1 is 1.43 bits per heavy atom. The van der Waals surface area contributed by atoms with E-state index in [4.69, 9.17) is 0 Å². The molecular formula is C15H22FN3O2. The summed E-state index contributed by atoms with van der Waals surface area (Å²) < 4.78 is 13.2. The van der Waals surface area contributed by atoms with Crippen LogP contribution in [0.2, 0.25) is 0 Å². The van der Waals surface area contributed by atoms with E-state index in [0.29, 0.717) is 18.0 Å². The Labute approximate surface area is 124 Å². The molecule has 5 nitrogen and oxygen atoms in total. The monoisotopic (exact) mass is 295 g/mol. The molecule has 0 atom stereocenters. The fourth-order valence-corrected chi connectivity index (χ4v) is 2.79. The van der Waals surface area contributed by atoms with E-state index in [0.717, 1.165) is 45.1 Å². The summed E-state index contributed by atoms with van der Waals surface area (Å²) in [4.78, 5) is 12.9. The van der Waals surface area contributed by atoms with Gasteiger partial charge in [-0.05, 0) is 57.1 Å². The van der Waals surface area contributed by atoms with E-state index in [-0.39, 0.29) is 5.69 Å². The van der Waals surface area contributed by atoms with Crippen LogP contribution in [0.4, 0.5) is 10.1 Å². The van der Waals surface area contributed by atoms with Crippen LogP contribution in [0.1, 0.15) is 25.3 Å². The topological polar surface area (TPSA) is 58.4 Å². The lowest BCUT2D eigenvalue weighted by Gasteiger charge is -2.31. The molecule has 0 amide bonds. The Balaban J connectivity index is 1.84. The zero-order chi connectivity index (χ0) is 15.2. The highest BCUT2D eigenvalue weighted by Gasteiger charge is 2.18. The first kappa shape index (κ1) is 15.9. The molecule has 0 aromatic heterocycles. The second-order valence-electron chi connectivity index (χ2n) is 5.54. The Bertz CT molecular complexity index is 488. The molecule has 0 saturated carbocycles. The van der Waals surface area contributed by atoms with Crippen LogP contribution in [0.25, 0.3) is 0 Å². The normalized spacial score (nSPS) is 17.0. The molecule has 1 N–H and O–H groups in total. The molecule has 0 aliphatic carbocycles. The number of likely N-dealkylation sites (tertiary alicyclic amines) is 1. The Hall–Kier alpha value is -1.53. The van der Waals surface area contributed by atoms with Crippen LogP contribution in [-0.2, 0) is 6.54 Å². The highest BCUT2D eigenvalue weighted by Crippen LogP contribution is 2.20. The van der Waals surface area contributed by atoms with Crippen LogP contribution in [0, 0.1) is 21.8 Å². The highest BCUT2D eigenvalue weighted by atomic mass is 19.1. The number of hydrogen-bond acceptors (Lipinski definition) is 4. The maximum absolute atomic E-state index is 13.2. The predicted octanol–water partition coefficient (Wildman–Crippen LogP) is 2.56. The van der Waals surface area contributed by atoms with Crippen LogP contribution >= 0.6 is 0 Å². The lowest BCUT2D eigenvalue weighted by molar-refractivity contribution is -0.385. The Morgan fingerprint density at radius 3 is 2.76 bits per heavy atom. The molecule has 1 aliphatic rings. The van der Waals surface area contributed by atoms with Gasteiger partial charge in [0.25, 0.3) is 5.69 Å². The van der Waals surface area contributed by atoms with E-state index in [9.17, 15) is 14.5 Å². The van der Waals surface area contributed by atoms with Crippen LogP contribution in [0.15, 0.2) is 18.2 Å². The van der Waals surface area contributed by atoms with Gasteiger partial charge in [-0.15, -0.1) is 0 Å². The van der Waals surface area contributed by atoms with Gasteiger partial charge in [-0.2, -0.15) is 0 Å². The second kappa shape index (κ2) is 7.47. The number of benzene rings is 1. The molecule has 0 radical (unpaired) electrons. The summed E-state index contributed by atoms with van der Waals surface area (Å²) >= 11 is 0. The zero-order valence-electron chi connectivity index (χ0n) is 12.3. The number of halogens is 1. The maximum Gasteiger partial charge on any atom is 0.274 e. The van der Waals surface area contributed by atoms with Crippen LogP contribution in [0.5, 0.6) is 0 Å². The Kier molecular flexibility index (Phi) is 5.64. The molecule has 21 heavy (non-hydrogen) atoms. The maximum atomic E-state index is 13.2. The third-order valence-corrected chi connectivity index (χ3v) is 4.14. The average molecular weight is 295 g/mol. The average Bonchev–Trinajstić information content (AvgIpc) is 2.48. The lowest BCUT2D eigenvalue weighted by Crippen LogP contribution is -2.37. The molecular weight excluding hydrogens is 273 g/mol. The van der Waals surface area contributed by atoms with E-state index in [1.54, 1.807) is 0 Å². The van der Waals surface area contributed by atoms with Crippen molar-refractivity contribution < 1.29 is 9.31 Å². The van der Waals surface area contributed by atoms with Gasteiger partial charge in [0, 0.05) is 18.2 Å². The first-order valence-corrected chi connectivity index (χ1v) is 7.46. The van der Waals surface area contributed by atoms with Crippen molar-refractivity contribution in [2.75, 3.05) is 26.2 Å². The van der Waals surface area contributed by atoms with Crippen molar-refractivity contribution in [2.45, 2.75) is 26.3 Å². The van der Waals surface area contributed by atoms with Crippen LogP contribution < -0.4 is 5.32 Å². The summed E-state index contributed by atoms with van der Waals surface area (Å²) in [6.45, 7) is 6.65. The zero-order valence-corrected chi connectivity index (χ0v) is 12.3. The van der Waals surface area contributed by atoms with E-state index in [1.807, 2.05) is 0 Å². The summed E-state index contributed by atoms with van der Waals surface area (Å²) in [5, 5.41) is 14.2. The number of hydrogen-bond donors (Lipinski definition) is 1. The summed E-state index contributed by atoms with van der Waals surface area (Å²) in [7, 11) is 0. The molecule has 1 saturated heterocycles. The summed E-state index contributed by atoms with van der Waals surface area (Å²) in [5.41, 5.74) is 0.385. The van der Waals surface area contributed by atoms with Crippen molar-refractivity contribution >= 4 is 5.69 Å². The van der Waals surface area contributed by atoms with Crippen molar-refractivity contribution in [3.8, 4) is 0 Å². The summed E-state index contributed by atoms with van der Waals surface area (Å²) in [6, 6.07) is 3.60. The van der Waals surface area contributed by atoms with Crippen LogP contribution in [0.3, 0.4) is 0 Å². The van der Waals surface area contributed by atoms with Crippen molar-refractivity contribution in [3.05, 3.63) is 39.7 Å². The van der Waals surface area contributed by atoms with Gasteiger partial charge in [0.15, 0.2) is 0 Å². The van der Waals surface area contributed by atoms with E-state index in [2.05, 4.69) is 17.1 Å². The van der Waals surface area contributed by atoms with Crippen molar-refractivity contribution in [3.63, 3.8) is 0 Å². The molecule has 0 bridgehead atoms. The minimum Gasteiger partial charge on any atom is -0.312 e. The molecule has 1 aliphatic heterocycles. The first-order chi connectivity index (χ1) is 10.1. The predicted molar refractivity (Wildman–Crippen MR) is 79.6 cm³/mol.